The smallest absolute Gasteiger partial charge is 0.257 e. The third-order valence-electron chi connectivity index (χ3n) is 6.34. The molecule has 7 heteroatoms. The largest absolute Gasteiger partial charge is 0.497 e. The van der Waals surface area contributed by atoms with Crippen LogP contribution in [0.1, 0.15) is 30.5 Å². The highest BCUT2D eigenvalue weighted by Crippen LogP contribution is 2.36. The summed E-state index contributed by atoms with van der Waals surface area (Å²) in [5, 5.41) is 6.50. The molecular formula is C25H32N4O3. The monoisotopic (exact) mass is 436 g/mol. The van der Waals surface area contributed by atoms with Crippen molar-refractivity contribution in [2.24, 2.45) is 5.10 Å². The van der Waals surface area contributed by atoms with Crippen LogP contribution in [0.4, 0.5) is 0 Å². The van der Waals surface area contributed by atoms with E-state index in [1.807, 2.05) is 36.4 Å². The van der Waals surface area contributed by atoms with Gasteiger partial charge in [0.05, 0.1) is 32.5 Å². The molecule has 7 nitrogen and oxygen atoms in total. The van der Waals surface area contributed by atoms with E-state index in [1.54, 1.807) is 19.2 Å². The number of carbonyl (C=O) groups is 1. The molecular weight excluding hydrogens is 404 g/mol. The molecule has 2 aromatic carbocycles. The molecule has 0 N–H and O–H groups in total. The summed E-state index contributed by atoms with van der Waals surface area (Å²) in [6.07, 6.45) is 0.641. The Morgan fingerprint density at radius 2 is 1.72 bits per heavy atom. The Labute approximate surface area is 190 Å². The highest BCUT2D eigenvalue weighted by Gasteiger charge is 2.35. The summed E-state index contributed by atoms with van der Waals surface area (Å²) < 4.78 is 10.9. The molecule has 1 fully saturated rings. The standard InChI is InChI=1S/C25H32N4O3/c1-4-27-12-14-28(15-13-27)18-25(30)29-23(19-8-6-5-7-9-19)17-22(26-29)21-11-10-20(31-2)16-24(21)32-3/h5-11,16,23H,4,12-15,17-18H2,1-3H3. The van der Waals surface area contributed by atoms with Crippen LogP contribution >= 0.6 is 0 Å². The Morgan fingerprint density at radius 1 is 1.00 bits per heavy atom. The molecule has 1 saturated heterocycles. The molecule has 1 amide bonds. The zero-order valence-corrected chi connectivity index (χ0v) is 19.2. The first kappa shape index (κ1) is 22.3. The topological polar surface area (TPSA) is 57.6 Å². The van der Waals surface area contributed by atoms with Gasteiger partial charge < -0.3 is 14.4 Å². The lowest BCUT2D eigenvalue weighted by Gasteiger charge is -2.34. The summed E-state index contributed by atoms with van der Waals surface area (Å²) in [4.78, 5) is 18.0. The third kappa shape index (κ3) is 4.79. The van der Waals surface area contributed by atoms with Gasteiger partial charge >= 0.3 is 0 Å². The molecule has 0 saturated carbocycles. The van der Waals surface area contributed by atoms with E-state index in [4.69, 9.17) is 14.6 Å². The van der Waals surface area contributed by atoms with Crippen molar-refractivity contribution in [3.8, 4) is 11.5 Å². The molecule has 2 aliphatic rings. The number of rotatable bonds is 7. The Kier molecular flexibility index (Phi) is 7.07. The quantitative estimate of drug-likeness (QED) is 0.668. The van der Waals surface area contributed by atoms with Gasteiger partial charge in [-0.2, -0.15) is 5.10 Å². The van der Waals surface area contributed by atoms with Crippen molar-refractivity contribution in [3.63, 3.8) is 0 Å². The fraction of sp³-hybridized carbons (Fsp3) is 0.440. The molecule has 0 radical (unpaired) electrons. The van der Waals surface area contributed by atoms with E-state index in [0.29, 0.717) is 18.7 Å². The van der Waals surface area contributed by atoms with E-state index in [2.05, 4.69) is 28.9 Å². The first-order valence-corrected chi connectivity index (χ1v) is 11.2. The first-order chi connectivity index (χ1) is 15.6. The minimum Gasteiger partial charge on any atom is -0.497 e. The number of likely N-dealkylation sites (N-methyl/N-ethyl adjacent to an activating group) is 1. The maximum Gasteiger partial charge on any atom is 0.257 e. The Bertz CT molecular complexity index is 955. The number of piperazine rings is 1. The predicted octanol–water partition coefficient (Wildman–Crippen LogP) is 3.02. The summed E-state index contributed by atoms with van der Waals surface area (Å²) in [6, 6.07) is 15.7. The molecule has 1 atom stereocenters. The maximum absolute atomic E-state index is 13.4. The van der Waals surface area contributed by atoms with Gasteiger partial charge in [0.15, 0.2) is 0 Å². The summed E-state index contributed by atoms with van der Waals surface area (Å²) in [5.41, 5.74) is 2.83. The summed E-state index contributed by atoms with van der Waals surface area (Å²) in [6.45, 7) is 7.45. The number of ether oxygens (including phenoxy) is 2. The van der Waals surface area contributed by atoms with Crippen molar-refractivity contribution >= 4 is 11.6 Å². The second-order valence-electron chi connectivity index (χ2n) is 8.19. The molecule has 2 heterocycles. The molecule has 170 valence electrons. The van der Waals surface area contributed by atoms with E-state index in [9.17, 15) is 4.79 Å². The van der Waals surface area contributed by atoms with E-state index in [0.717, 1.165) is 55.3 Å². The fourth-order valence-corrected chi connectivity index (χ4v) is 4.40. The van der Waals surface area contributed by atoms with Crippen LogP contribution in [0.25, 0.3) is 0 Å². The highest BCUT2D eigenvalue weighted by molar-refractivity contribution is 6.05. The van der Waals surface area contributed by atoms with E-state index in [-0.39, 0.29) is 11.9 Å². The van der Waals surface area contributed by atoms with Gasteiger partial charge in [-0.1, -0.05) is 37.3 Å². The zero-order chi connectivity index (χ0) is 22.5. The third-order valence-corrected chi connectivity index (χ3v) is 6.34. The van der Waals surface area contributed by atoms with Crippen LogP contribution in [0.2, 0.25) is 0 Å². The van der Waals surface area contributed by atoms with Crippen LogP contribution < -0.4 is 9.47 Å². The lowest BCUT2D eigenvalue weighted by molar-refractivity contribution is -0.134. The maximum atomic E-state index is 13.4. The van der Waals surface area contributed by atoms with Gasteiger partial charge in [-0.25, -0.2) is 5.01 Å². The van der Waals surface area contributed by atoms with Gasteiger partial charge in [0.25, 0.3) is 5.91 Å². The Morgan fingerprint density at radius 3 is 2.38 bits per heavy atom. The number of hydrazone groups is 1. The number of nitrogens with zero attached hydrogens (tertiary/aromatic N) is 4. The van der Waals surface area contributed by atoms with Crippen LogP contribution in [0.3, 0.4) is 0 Å². The molecule has 4 rings (SSSR count). The van der Waals surface area contributed by atoms with Gasteiger partial charge in [-0.3, -0.25) is 9.69 Å². The lowest BCUT2D eigenvalue weighted by Crippen LogP contribution is -2.49. The Hall–Kier alpha value is -2.90. The molecule has 0 bridgehead atoms. The van der Waals surface area contributed by atoms with Crippen molar-refractivity contribution in [2.45, 2.75) is 19.4 Å². The van der Waals surface area contributed by atoms with Gasteiger partial charge in [-0.05, 0) is 24.2 Å². The molecule has 0 aromatic heterocycles. The van der Waals surface area contributed by atoms with Crippen molar-refractivity contribution < 1.29 is 14.3 Å². The van der Waals surface area contributed by atoms with Crippen molar-refractivity contribution in [1.29, 1.82) is 0 Å². The van der Waals surface area contributed by atoms with Crippen LogP contribution in [0, 0.1) is 0 Å². The van der Waals surface area contributed by atoms with Crippen LogP contribution in [-0.2, 0) is 4.79 Å². The molecule has 1 unspecified atom stereocenters. The van der Waals surface area contributed by atoms with Gasteiger partial charge in [0.2, 0.25) is 0 Å². The number of benzene rings is 2. The molecule has 32 heavy (non-hydrogen) atoms. The van der Waals surface area contributed by atoms with Crippen molar-refractivity contribution in [2.75, 3.05) is 53.5 Å². The van der Waals surface area contributed by atoms with Gasteiger partial charge in [-0.15, -0.1) is 0 Å². The number of hydrogen-bond acceptors (Lipinski definition) is 6. The minimum absolute atomic E-state index is 0.0336. The normalized spacial score (nSPS) is 19.7. The highest BCUT2D eigenvalue weighted by atomic mass is 16.5. The second kappa shape index (κ2) is 10.1. The van der Waals surface area contributed by atoms with Gasteiger partial charge in [0.1, 0.15) is 11.5 Å². The average Bonchev–Trinajstić information content (AvgIpc) is 3.30. The van der Waals surface area contributed by atoms with Crippen LogP contribution in [0.15, 0.2) is 53.6 Å². The predicted molar refractivity (Wildman–Crippen MR) is 125 cm³/mol. The average molecular weight is 437 g/mol. The number of amides is 1. The lowest BCUT2D eigenvalue weighted by atomic mass is 9.98. The van der Waals surface area contributed by atoms with Crippen molar-refractivity contribution in [1.82, 2.24) is 14.8 Å². The number of carbonyl (C=O) groups excluding carboxylic acids is 1. The fourth-order valence-electron chi connectivity index (χ4n) is 4.40. The minimum atomic E-state index is -0.123. The summed E-state index contributed by atoms with van der Waals surface area (Å²) >= 11 is 0. The second-order valence-corrected chi connectivity index (χ2v) is 8.19. The first-order valence-electron chi connectivity index (χ1n) is 11.2. The van der Waals surface area contributed by atoms with Crippen LogP contribution in [0.5, 0.6) is 11.5 Å². The molecule has 2 aromatic rings. The van der Waals surface area contributed by atoms with E-state index < -0.39 is 0 Å². The SMILES string of the molecule is CCN1CCN(CC(=O)N2N=C(c3ccc(OC)cc3OC)CC2c2ccccc2)CC1. The Balaban J connectivity index is 1.58. The zero-order valence-electron chi connectivity index (χ0n) is 19.2. The number of hydrogen-bond donors (Lipinski definition) is 0. The molecule has 0 aliphatic carbocycles. The molecule has 2 aliphatic heterocycles. The van der Waals surface area contributed by atoms with Gasteiger partial charge in [0, 0.05) is 44.2 Å². The van der Waals surface area contributed by atoms with E-state index >= 15 is 0 Å². The van der Waals surface area contributed by atoms with E-state index in [1.165, 1.54) is 0 Å². The van der Waals surface area contributed by atoms with Crippen molar-refractivity contribution in [3.05, 3.63) is 59.7 Å². The summed E-state index contributed by atoms with van der Waals surface area (Å²) in [5.74, 6) is 1.45. The van der Waals surface area contributed by atoms with Crippen LogP contribution in [-0.4, -0.2) is 79.9 Å². The summed E-state index contributed by atoms with van der Waals surface area (Å²) in [7, 11) is 3.27. The number of methoxy groups -OCH3 is 2. The molecule has 0 spiro atoms.